The van der Waals surface area contributed by atoms with Crippen LogP contribution in [-0.4, -0.2) is 68.2 Å². The Bertz CT molecular complexity index is 592. The van der Waals surface area contributed by atoms with Gasteiger partial charge in [0.15, 0.2) is 5.96 Å². The highest BCUT2D eigenvalue weighted by molar-refractivity contribution is 14.0. The summed E-state index contributed by atoms with van der Waals surface area (Å²) in [5.74, 6) is 1.01. The number of halogens is 2. The van der Waals surface area contributed by atoms with Gasteiger partial charge in [-0.1, -0.05) is 22.0 Å². The molecule has 3 rings (SSSR count). The van der Waals surface area contributed by atoms with Gasteiger partial charge in [0.05, 0.1) is 13.2 Å². The monoisotopic (exact) mass is 522 g/mol. The fourth-order valence-electron chi connectivity index (χ4n) is 3.54. The molecule has 0 aromatic heterocycles. The third-order valence-electron chi connectivity index (χ3n) is 4.98. The van der Waals surface area contributed by atoms with Gasteiger partial charge in [-0.2, -0.15) is 0 Å². The third-order valence-corrected chi connectivity index (χ3v) is 5.47. The van der Waals surface area contributed by atoms with Gasteiger partial charge >= 0.3 is 0 Å². The Morgan fingerprint density at radius 1 is 1.32 bits per heavy atom. The lowest BCUT2D eigenvalue weighted by Gasteiger charge is -2.32. The molecule has 2 aliphatic rings. The summed E-state index contributed by atoms with van der Waals surface area (Å²) >= 11 is 3.52. The van der Waals surface area contributed by atoms with Crippen molar-refractivity contribution in [1.29, 1.82) is 0 Å². The summed E-state index contributed by atoms with van der Waals surface area (Å²) in [5.41, 5.74) is 2.60. The molecule has 2 saturated heterocycles. The van der Waals surface area contributed by atoms with Crippen LogP contribution in [0, 0.1) is 6.92 Å². The Morgan fingerprint density at radius 2 is 2.08 bits per heavy atom. The fourth-order valence-corrected chi connectivity index (χ4v) is 4.01. The molecule has 2 heterocycles. The maximum absolute atomic E-state index is 5.47. The average Bonchev–Trinajstić information content (AvgIpc) is 3.08. The lowest BCUT2D eigenvalue weighted by atomic mass is 10.1. The van der Waals surface area contributed by atoms with E-state index in [9.17, 15) is 0 Å². The first-order valence-electron chi connectivity index (χ1n) is 8.70. The van der Waals surface area contributed by atoms with Crippen LogP contribution in [0.3, 0.4) is 0 Å². The van der Waals surface area contributed by atoms with E-state index in [-0.39, 0.29) is 24.0 Å². The van der Waals surface area contributed by atoms with Gasteiger partial charge in [0.2, 0.25) is 0 Å². The van der Waals surface area contributed by atoms with E-state index in [0.29, 0.717) is 6.04 Å². The molecule has 5 nitrogen and oxygen atoms in total. The molecule has 2 fully saturated rings. The van der Waals surface area contributed by atoms with Crippen molar-refractivity contribution in [3.8, 4) is 0 Å². The average molecular weight is 523 g/mol. The summed E-state index contributed by atoms with van der Waals surface area (Å²) < 4.78 is 6.59. The number of guanidine groups is 1. The van der Waals surface area contributed by atoms with Crippen molar-refractivity contribution in [2.24, 2.45) is 4.99 Å². The van der Waals surface area contributed by atoms with Crippen molar-refractivity contribution in [2.45, 2.75) is 25.9 Å². The van der Waals surface area contributed by atoms with E-state index >= 15 is 0 Å². The molecule has 1 aromatic rings. The van der Waals surface area contributed by atoms with Crippen molar-refractivity contribution in [3.05, 3.63) is 33.8 Å². The first kappa shape index (κ1) is 20.9. The number of nitrogens with zero attached hydrogens (tertiary/aromatic N) is 3. The van der Waals surface area contributed by atoms with Crippen molar-refractivity contribution in [1.82, 2.24) is 15.1 Å². The molecule has 2 aliphatic heterocycles. The van der Waals surface area contributed by atoms with E-state index in [4.69, 9.17) is 4.74 Å². The van der Waals surface area contributed by atoms with E-state index < -0.39 is 0 Å². The van der Waals surface area contributed by atoms with Crippen LogP contribution in [0.2, 0.25) is 0 Å². The lowest BCUT2D eigenvalue weighted by molar-refractivity contribution is 0.0195. The lowest BCUT2D eigenvalue weighted by Crippen LogP contribution is -2.46. The van der Waals surface area contributed by atoms with Crippen LogP contribution in [-0.2, 0) is 11.3 Å². The number of hydrogen-bond acceptors (Lipinski definition) is 3. The normalized spacial score (nSPS) is 22.0. The smallest absolute Gasteiger partial charge is 0.193 e. The van der Waals surface area contributed by atoms with Crippen molar-refractivity contribution in [3.63, 3.8) is 0 Å². The summed E-state index contributed by atoms with van der Waals surface area (Å²) in [7, 11) is 1.87. The zero-order valence-electron chi connectivity index (χ0n) is 15.0. The number of likely N-dealkylation sites (tertiary alicyclic amines) is 1. The third kappa shape index (κ3) is 5.55. The number of hydrogen-bond donors (Lipinski definition) is 1. The summed E-state index contributed by atoms with van der Waals surface area (Å²) in [6.07, 6.45) is 1.21. The molecule has 0 spiro atoms. The molecule has 0 aliphatic carbocycles. The first-order valence-corrected chi connectivity index (χ1v) is 9.49. The van der Waals surface area contributed by atoms with Crippen LogP contribution in [0.25, 0.3) is 0 Å². The molecular weight excluding hydrogens is 495 g/mol. The van der Waals surface area contributed by atoms with Crippen LogP contribution in [0.15, 0.2) is 27.7 Å². The second-order valence-electron chi connectivity index (χ2n) is 6.51. The molecule has 140 valence electrons. The number of rotatable bonds is 3. The highest BCUT2D eigenvalue weighted by Gasteiger charge is 2.30. The van der Waals surface area contributed by atoms with Gasteiger partial charge in [0, 0.05) is 50.3 Å². The van der Waals surface area contributed by atoms with Crippen LogP contribution in [0.5, 0.6) is 0 Å². The molecule has 0 amide bonds. The number of ether oxygens (including phenoxy) is 1. The minimum absolute atomic E-state index is 0. The highest BCUT2D eigenvalue weighted by Crippen LogP contribution is 2.18. The van der Waals surface area contributed by atoms with Crippen LogP contribution in [0.4, 0.5) is 0 Å². The summed E-state index contributed by atoms with van der Waals surface area (Å²) in [6.45, 7) is 8.93. The van der Waals surface area contributed by atoms with Crippen molar-refractivity contribution < 1.29 is 4.74 Å². The topological polar surface area (TPSA) is 40.1 Å². The number of aryl methyl sites for hydroxylation is 1. The van der Waals surface area contributed by atoms with Gasteiger partial charge < -0.3 is 15.0 Å². The Labute approximate surface area is 176 Å². The summed E-state index contributed by atoms with van der Waals surface area (Å²) in [4.78, 5) is 9.44. The molecule has 1 unspecified atom stereocenters. The van der Waals surface area contributed by atoms with E-state index in [1.54, 1.807) is 0 Å². The SMILES string of the molecule is CN=C(NCc1ccc(Br)cc1C)N1CCC(N2CCOCC2)C1.I. The van der Waals surface area contributed by atoms with Gasteiger partial charge in [-0.3, -0.25) is 9.89 Å². The van der Waals surface area contributed by atoms with E-state index in [1.165, 1.54) is 17.5 Å². The Hall–Kier alpha value is -0.380. The highest BCUT2D eigenvalue weighted by atomic mass is 127. The number of morpholine rings is 1. The second kappa shape index (κ2) is 10.1. The fraction of sp³-hybridized carbons (Fsp3) is 0.611. The Kier molecular flexibility index (Phi) is 8.44. The Balaban J connectivity index is 0.00000225. The molecule has 1 atom stereocenters. The number of nitrogens with one attached hydrogen (secondary N) is 1. The molecule has 7 heteroatoms. The molecule has 0 bridgehead atoms. The van der Waals surface area contributed by atoms with Crippen molar-refractivity contribution in [2.75, 3.05) is 46.4 Å². The minimum Gasteiger partial charge on any atom is -0.379 e. The maximum atomic E-state index is 5.47. The predicted octanol–water partition coefficient (Wildman–Crippen LogP) is 2.86. The first-order chi connectivity index (χ1) is 11.7. The molecule has 25 heavy (non-hydrogen) atoms. The molecule has 0 saturated carbocycles. The minimum atomic E-state index is 0. The number of benzene rings is 1. The van der Waals surface area contributed by atoms with E-state index in [2.05, 4.69) is 61.2 Å². The molecule has 0 radical (unpaired) electrons. The van der Waals surface area contributed by atoms with E-state index in [1.807, 2.05) is 7.05 Å². The van der Waals surface area contributed by atoms with Gasteiger partial charge in [-0.05, 0) is 36.6 Å². The van der Waals surface area contributed by atoms with E-state index in [0.717, 1.165) is 56.4 Å². The second-order valence-corrected chi connectivity index (χ2v) is 7.42. The number of aliphatic imine (C=N–C) groups is 1. The standard InChI is InChI=1S/C18H27BrN4O.HI/c1-14-11-16(19)4-3-15(14)12-21-18(20-2)23-6-5-17(13-23)22-7-9-24-10-8-22;/h3-4,11,17H,5-10,12-13H2,1-2H3,(H,20,21);1H. The van der Waals surface area contributed by atoms with Crippen LogP contribution < -0.4 is 5.32 Å². The van der Waals surface area contributed by atoms with Gasteiger partial charge in [0.25, 0.3) is 0 Å². The van der Waals surface area contributed by atoms with Crippen LogP contribution >= 0.6 is 39.9 Å². The summed E-state index contributed by atoms with van der Waals surface area (Å²) in [6, 6.07) is 7.04. The van der Waals surface area contributed by atoms with Crippen LogP contribution in [0.1, 0.15) is 17.5 Å². The van der Waals surface area contributed by atoms with Gasteiger partial charge in [-0.25, -0.2) is 0 Å². The van der Waals surface area contributed by atoms with Crippen molar-refractivity contribution >= 4 is 45.9 Å². The van der Waals surface area contributed by atoms with Gasteiger partial charge in [0.1, 0.15) is 0 Å². The summed E-state index contributed by atoms with van der Waals surface area (Å²) in [5, 5.41) is 3.53. The zero-order chi connectivity index (χ0) is 16.9. The predicted molar refractivity (Wildman–Crippen MR) is 117 cm³/mol. The largest absolute Gasteiger partial charge is 0.379 e. The van der Waals surface area contributed by atoms with Gasteiger partial charge in [-0.15, -0.1) is 24.0 Å². The quantitative estimate of drug-likeness (QED) is 0.376. The molecule has 1 aromatic carbocycles. The molecule has 1 N–H and O–H groups in total. The zero-order valence-corrected chi connectivity index (χ0v) is 18.9. The maximum Gasteiger partial charge on any atom is 0.193 e. The Morgan fingerprint density at radius 3 is 2.76 bits per heavy atom. The molecular formula is C18H28BrIN4O.